The molecule has 0 aromatic rings. The summed E-state index contributed by atoms with van der Waals surface area (Å²) >= 11 is 0. The third-order valence-corrected chi connectivity index (χ3v) is 2.98. The van der Waals surface area contributed by atoms with Crippen LogP contribution in [0.2, 0.25) is 0 Å². The predicted octanol–water partition coefficient (Wildman–Crippen LogP) is 3.98. The van der Waals surface area contributed by atoms with E-state index in [0.29, 0.717) is 0 Å². The van der Waals surface area contributed by atoms with Crippen molar-refractivity contribution in [2.45, 2.75) is 72.3 Å². The Morgan fingerprint density at radius 2 is 1.43 bits per heavy atom. The second-order valence-corrected chi connectivity index (χ2v) is 4.31. The normalized spacial score (nSPS) is 13.5. The number of hydrogen-bond donors (Lipinski definition) is 1. The molecule has 0 aliphatic carbocycles. The molecule has 1 heteroatoms. The van der Waals surface area contributed by atoms with Crippen LogP contribution in [0.5, 0.6) is 0 Å². The summed E-state index contributed by atoms with van der Waals surface area (Å²) in [6.07, 6.45) is 7.97. The first kappa shape index (κ1) is 14.0. The van der Waals surface area contributed by atoms with E-state index >= 15 is 0 Å². The van der Waals surface area contributed by atoms with Gasteiger partial charge in [0.2, 0.25) is 0 Å². The van der Waals surface area contributed by atoms with Crippen molar-refractivity contribution in [3.05, 3.63) is 0 Å². The molecular weight excluding hydrogens is 170 g/mol. The van der Waals surface area contributed by atoms with E-state index in [0.717, 1.165) is 12.0 Å². The molecule has 14 heavy (non-hydrogen) atoms. The number of nitrogens with one attached hydrogen (secondary N) is 1. The van der Waals surface area contributed by atoms with Crippen molar-refractivity contribution >= 4 is 0 Å². The van der Waals surface area contributed by atoms with Gasteiger partial charge >= 0.3 is 0 Å². The maximum Gasteiger partial charge on any atom is 0.00926 e. The van der Waals surface area contributed by atoms with Crippen LogP contribution >= 0.6 is 0 Å². The summed E-state index contributed by atoms with van der Waals surface area (Å²) in [7, 11) is 0. The van der Waals surface area contributed by atoms with Gasteiger partial charge in [-0.05, 0) is 38.1 Å². The van der Waals surface area contributed by atoms with E-state index < -0.39 is 0 Å². The van der Waals surface area contributed by atoms with Crippen LogP contribution < -0.4 is 5.32 Å². The van der Waals surface area contributed by atoms with E-state index in [1.165, 1.54) is 45.1 Å². The first-order valence-corrected chi connectivity index (χ1v) is 6.53. The molecular formula is C13H29N. The highest BCUT2D eigenvalue weighted by molar-refractivity contribution is 4.74. The van der Waals surface area contributed by atoms with Gasteiger partial charge in [-0.15, -0.1) is 0 Å². The third kappa shape index (κ3) is 5.64. The van der Waals surface area contributed by atoms with Crippen molar-refractivity contribution in [3.8, 4) is 0 Å². The average molecular weight is 199 g/mol. The van der Waals surface area contributed by atoms with Gasteiger partial charge in [0.25, 0.3) is 0 Å². The maximum absolute atomic E-state index is 3.69. The van der Waals surface area contributed by atoms with Crippen LogP contribution in [0.4, 0.5) is 0 Å². The fraction of sp³-hybridized carbons (Fsp3) is 1.00. The summed E-state index contributed by atoms with van der Waals surface area (Å²) in [5.74, 6) is 0.904. The second-order valence-electron chi connectivity index (χ2n) is 4.31. The Balaban J connectivity index is 3.96. The van der Waals surface area contributed by atoms with Gasteiger partial charge in [0.1, 0.15) is 0 Å². The highest BCUT2D eigenvalue weighted by Crippen LogP contribution is 2.19. The quantitative estimate of drug-likeness (QED) is 0.592. The molecule has 0 aromatic carbocycles. The van der Waals surface area contributed by atoms with Crippen molar-refractivity contribution in [3.63, 3.8) is 0 Å². The Kier molecular flexibility index (Phi) is 9.49. The van der Waals surface area contributed by atoms with Crippen molar-refractivity contribution in [2.75, 3.05) is 6.54 Å². The zero-order chi connectivity index (χ0) is 10.8. The third-order valence-electron chi connectivity index (χ3n) is 2.98. The molecule has 1 nitrogen and oxygen atoms in total. The molecule has 0 radical (unpaired) electrons. The van der Waals surface area contributed by atoms with Gasteiger partial charge in [0.15, 0.2) is 0 Å². The van der Waals surface area contributed by atoms with Gasteiger partial charge in [0.05, 0.1) is 0 Å². The Bertz CT molecular complexity index is 106. The average Bonchev–Trinajstić information content (AvgIpc) is 2.19. The Morgan fingerprint density at radius 1 is 0.857 bits per heavy atom. The molecule has 0 saturated carbocycles. The maximum atomic E-state index is 3.69. The predicted molar refractivity (Wildman–Crippen MR) is 65.7 cm³/mol. The van der Waals surface area contributed by atoms with E-state index in [4.69, 9.17) is 0 Å². The molecule has 0 aromatic heterocycles. The van der Waals surface area contributed by atoms with Gasteiger partial charge in [-0.3, -0.25) is 0 Å². The first-order valence-electron chi connectivity index (χ1n) is 6.53. The van der Waals surface area contributed by atoms with Gasteiger partial charge in [-0.1, -0.05) is 40.5 Å². The van der Waals surface area contributed by atoms with Gasteiger partial charge in [0, 0.05) is 6.04 Å². The van der Waals surface area contributed by atoms with Crippen LogP contribution in [-0.2, 0) is 0 Å². The van der Waals surface area contributed by atoms with E-state index in [1.807, 2.05) is 0 Å². The molecule has 0 fully saturated rings. The van der Waals surface area contributed by atoms with Crippen molar-refractivity contribution in [1.29, 1.82) is 0 Å². The summed E-state index contributed by atoms with van der Waals surface area (Å²) in [6, 6.07) is 0.759. The Labute approximate surface area is 90.7 Å². The molecule has 0 heterocycles. The van der Waals surface area contributed by atoms with E-state index in [-0.39, 0.29) is 0 Å². The fourth-order valence-electron chi connectivity index (χ4n) is 2.26. The molecule has 0 saturated heterocycles. The molecule has 1 atom stereocenters. The molecule has 0 amide bonds. The van der Waals surface area contributed by atoms with Crippen molar-refractivity contribution in [1.82, 2.24) is 5.32 Å². The van der Waals surface area contributed by atoms with Crippen molar-refractivity contribution < 1.29 is 0 Å². The molecule has 1 unspecified atom stereocenters. The monoisotopic (exact) mass is 199 g/mol. The first-order chi connectivity index (χ1) is 6.79. The summed E-state index contributed by atoms with van der Waals surface area (Å²) < 4.78 is 0. The van der Waals surface area contributed by atoms with Crippen LogP contribution in [0.1, 0.15) is 66.2 Å². The van der Waals surface area contributed by atoms with Crippen LogP contribution in [-0.4, -0.2) is 12.6 Å². The van der Waals surface area contributed by atoms with Crippen LogP contribution in [0.15, 0.2) is 0 Å². The van der Waals surface area contributed by atoms with Crippen LogP contribution in [0, 0.1) is 5.92 Å². The molecule has 1 N–H and O–H groups in total. The number of hydrogen-bond acceptors (Lipinski definition) is 1. The fourth-order valence-corrected chi connectivity index (χ4v) is 2.26. The lowest BCUT2D eigenvalue weighted by Crippen LogP contribution is -2.36. The Hall–Kier alpha value is -0.0400. The molecule has 0 bridgehead atoms. The molecule has 0 rings (SSSR count). The summed E-state index contributed by atoms with van der Waals surface area (Å²) in [5.41, 5.74) is 0. The SMILES string of the molecule is CCCNC(CC)C(CCC)CCC. The topological polar surface area (TPSA) is 12.0 Å². The van der Waals surface area contributed by atoms with E-state index in [1.54, 1.807) is 0 Å². The largest absolute Gasteiger partial charge is 0.314 e. The highest BCUT2D eigenvalue weighted by atomic mass is 14.9. The highest BCUT2D eigenvalue weighted by Gasteiger charge is 2.17. The molecule has 0 aliphatic rings. The summed E-state index contributed by atoms with van der Waals surface area (Å²) in [6.45, 7) is 10.3. The minimum absolute atomic E-state index is 0.759. The number of rotatable bonds is 9. The lowest BCUT2D eigenvalue weighted by Gasteiger charge is -2.26. The van der Waals surface area contributed by atoms with Gasteiger partial charge < -0.3 is 5.32 Å². The van der Waals surface area contributed by atoms with E-state index in [9.17, 15) is 0 Å². The van der Waals surface area contributed by atoms with E-state index in [2.05, 4.69) is 33.0 Å². The summed E-state index contributed by atoms with van der Waals surface area (Å²) in [5, 5.41) is 3.69. The zero-order valence-electron chi connectivity index (χ0n) is 10.6. The zero-order valence-corrected chi connectivity index (χ0v) is 10.6. The lowest BCUT2D eigenvalue weighted by molar-refractivity contribution is 0.304. The van der Waals surface area contributed by atoms with Crippen LogP contribution in [0.3, 0.4) is 0 Å². The van der Waals surface area contributed by atoms with Gasteiger partial charge in [-0.2, -0.15) is 0 Å². The summed E-state index contributed by atoms with van der Waals surface area (Å²) in [4.78, 5) is 0. The lowest BCUT2D eigenvalue weighted by atomic mass is 9.89. The van der Waals surface area contributed by atoms with Gasteiger partial charge in [-0.25, -0.2) is 0 Å². The smallest absolute Gasteiger partial charge is 0.00926 e. The second kappa shape index (κ2) is 9.51. The van der Waals surface area contributed by atoms with Crippen molar-refractivity contribution in [2.24, 2.45) is 5.92 Å². The minimum Gasteiger partial charge on any atom is -0.314 e. The molecule has 86 valence electrons. The molecule has 0 aliphatic heterocycles. The minimum atomic E-state index is 0.759. The standard InChI is InChI=1S/C13H29N/c1-5-9-12(10-6-2)13(8-4)14-11-7-3/h12-14H,5-11H2,1-4H3. The Morgan fingerprint density at radius 3 is 1.79 bits per heavy atom. The van der Waals surface area contributed by atoms with Crippen LogP contribution in [0.25, 0.3) is 0 Å². The molecule has 0 spiro atoms.